The molecule has 1 amide bonds. The van der Waals surface area contributed by atoms with Crippen LogP contribution in [0.5, 0.6) is 5.75 Å². The van der Waals surface area contributed by atoms with Gasteiger partial charge in [0.2, 0.25) is 5.91 Å². The minimum absolute atomic E-state index is 0.0930. The first-order valence-corrected chi connectivity index (χ1v) is 9.35. The number of aryl methyl sites for hydroxylation is 1. The molecule has 1 aliphatic carbocycles. The van der Waals surface area contributed by atoms with Crippen molar-refractivity contribution in [2.75, 3.05) is 13.2 Å². The number of carbonyl (C=O) groups excluding carboxylic acids is 2. The summed E-state index contributed by atoms with van der Waals surface area (Å²) >= 11 is 0. The van der Waals surface area contributed by atoms with Gasteiger partial charge in [-0.25, -0.2) is 0 Å². The lowest BCUT2D eigenvalue weighted by Crippen LogP contribution is -2.36. The summed E-state index contributed by atoms with van der Waals surface area (Å²) in [5.41, 5.74) is 2.07. The molecule has 2 heterocycles. The zero-order valence-corrected chi connectivity index (χ0v) is 14.9. The van der Waals surface area contributed by atoms with Crippen LogP contribution in [0.2, 0.25) is 0 Å². The topological polar surface area (TPSA) is 55.8 Å². The third-order valence-corrected chi connectivity index (χ3v) is 5.83. The van der Waals surface area contributed by atoms with E-state index in [1.165, 1.54) is 0 Å². The number of nitrogens with zero attached hydrogens (tertiary/aromatic N) is 1. The molecule has 4 rings (SSSR count). The van der Waals surface area contributed by atoms with Crippen LogP contribution in [0.1, 0.15) is 49.8 Å². The van der Waals surface area contributed by atoms with Crippen molar-refractivity contribution in [1.82, 2.24) is 4.90 Å². The van der Waals surface area contributed by atoms with Gasteiger partial charge in [0.1, 0.15) is 17.8 Å². The predicted octanol–water partition coefficient (Wildman–Crippen LogP) is 3.01. The Balaban J connectivity index is 1.69. The van der Waals surface area contributed by atoms with Gasteiger partial charge in [-0.15, -0.1) is 0 Å². The summed E-state index contributed by atoms with van der Waals surface area (Å²) < 4.78 is 11.4. The Morgan fingerprint density at radius 2 is 2.04 bits per heavy atom. The molecular formula is C20H25NO4. The Morgan fingerprint density at radius 3 is 2.76 bits per heavy atom. The molecule has 0 spiro atoms. The van der Waals surface area contributed by atoms with Crippen molar-refractivity contribution < 1.29 is 19.1 Å². The van der Waals surface area contributed by atoms with E-state index in [-0.39, 0.29) is 29.9 Å². The second kappa shape index (κ2) is 6.36. The van der Waals surface area contributed by atoms with Gasteiger partial charge in [-0.05, 0) is 32.3 Å². The summed E-state index contributed by atoms with van der Waals surface area (Å²) in [7, 11) is 0. The van der Waals surface area contributed by atoms with E-state index in [0.717, 1.165) is 42.6 Å². The lowest BCUT2D eigenvalue weighted by atomic mass is 9.97. The smallest absolute Gasteiger partial charge is 0.314 e. The third kappa shape index (κ3) is 2.60. The average Bonchev–Trinajstić information content (AvgIpc) is 3.31. The van der Waals surface area contributed by atoms with Gasteiger partial charge in [-0.2, -0.15) is 0 Å². The number of amides is 1. The fourth-order valence-corrected chi connectivity index (χ4v) is 4.62. The molecule has 134 valence electrons. The fourth-order valence-electron chi connectivity index (χ4n) is 4.62. The monoisotopic (exact) mass is 343 g/mol. The number of benzene rings is 1. The second-order valence-electron chi connectivity index (χ2n) is 7.35. The highest BCUT2D eigenvalue weighted by molar-refractivity contribution is 5.83. The SMILES string of the molecule is CCOC(=O)[C@@H]1CN(C(=O)C2CCCC2)[C@H]2c3cccc(C)c3O[C@@H]12. The molecule has 0 radical (unpaired) electrons. The maximum atomic E-state index is 13.1. The molecule has 0 aromatic heterocycles. The maximum absolute atomic E-state index is 13.1. The Bertz CT molecular complexity index is 695. The number of para-hydroxylation sites is 1. The quantitative estimate of drug-likeness (QED) is 0.792. The molecule has 5 heteroatoms. The number of esters is 1. The first kappa shape index (κ1) is 16.4. The van der Waals surface area contributed by atoms with Crippen LogP contribution in [-0.2, 0) is 14.3 Å². The van der Waals surface area contributed by atoms with E-state index in [4.69, 9.17) is 9.47 Å². The molecule has 1 saturated heterocycles. The number of hydrogen-bond acceptors (Lipinski definition) is 4. The summed E-state index contributed by atoms with van der Waals surface area (Å²) in [6.45, 7) is 4.55. The molecule has 1 aromatic rings. The molecule has 25 heavy (non-hydrogen) atoms. The Kier molecular flexibility index (Phi) is 4.18. The fraction of sp³-hybridized carbons (Fsp3) is 0.600. The molecule has 3 aliphatic rings. The van der Waals surface area contributed by atoms with Crippen molar-refractivity contribution >= 4 is 11.9 Å². The largest absolute Gasteiger partial charge is 0.486 e. The van der Waals surface area contributed by atoms with Crippen molar-refractivity contribution in [3.8, 4) is 5.75 Å². The predicted molar refractivity (Wildman–Crippen MR) is 92.1 cm³/mol. The van der Waals surface area contributed by atoms with E-state index in [0.29, 0.717) is 13.2 Å². The molecule has 0 bridgehead atoms. The van der Waals surface area contributed by atoms with Crippen molar-refractivity contribution in [3.05, 3.63) is 29.3 Å². The highest BCUT2D eigenvalue weighted by atomic mass is 16.5. The minimum Gasteiger partial charge on any atom is -0.486 e. The number of likely N-dealkylation sites (tertiary alicyclic amines) is 1. The van der Waals surface area contributed by atoms with E-state index in [1.54, 1.807) is 6.92 Å². The van der Waals surface area contributed by atoms with E-state index in [1.807, 2.05) is 30.0 Å². The van der Waals surface area contributed by atoms with Crippen molar-refractivity contribution in [3.63, 3.8) is 0 Å². The molecule has 5 nitrogen and oxygen atoms in total. The van der Waals surface area contributed by atoms with E-state index in [9.17, 15) is 9.59 Å². The summed E-state index contributed by atoms with van der Waals surface area (Å²) in [5, 5.41) is 0. The highest BCUT2D eigenvalue weighted by Crippen LogP contribution is 2.50. The highest BCUT2D eigenvalue weighted by Gasteiger charge is 2.55. The molecule has 2 aliphatic heterocycles. The zero-order valence-electron chi connectivity index (χ0n) is 14.9. The average molecular weight is 343 g/mol. The van der Waals surface area contributed by atoms with Crippen LogP contribution < -0.4 is 4.74 Å². The number of rotatable bonds is 3. The maximum Gasteiger partial charge on any atom is 0.314 e. The van der Waals surface area contributed by atoms with E-state index in [2.05, 4.69) is 0 Å². The van der Waals surface area contributed by atoms with Gasteiger partial charge in [-0.3, -0.25) is 9.59 Å². The number of ether oxygens (including phenoxy) is 2. The van der Waals surface area contributed by atoms with E-state index >= 15 is 0 Å². The van der Waals surface area contributed by atoms with Gasteiger partial charge in [0, 0.05) is 18.0 Å². The molecule has 1 saturated carbocycles. The summed E-state index contributed by atoms with van der Waals surface area (Å²) in [5.74, 6) is 0.426. The lowest BCUT2D eigenvalue weighted by molar-refractivity contribution is -0.149. The molecular weight excluding hydrogens is 318 g/mol. The van der Waals surface area contributed by atoms with Gasteiger partial charge in [0.25, 0.3) is 0 Å². The normalized spacial score (nSPS) is 27.8. The van der Waals surface area contributed by atoms with Gasteiger partial charge in [0.05, 0.1) is 12.6 Å². The molecule has 2 fully saturated rings. The molecule has 3 atom stereocenters. The number of carbonyl (C=O) groups is 2. The third-order valence-electron chi connectivity index (χ3n) is 5.83. The van der Waals surface area contributed by atoms with Crippen molar-refractivity contribution in [2.45, 2.75) is 51.7 Å². The van der Waals surface area contributed by atoms with Crippen LogP contribution in [0.4, 0.5) is 0 Å². The Morgan fingerprint density at radius 1 is 1.28 bits per heavy atom. The molecule has 0 unspecified atom stereocenters. The zero-order chi connectivity index (χ0) is 17.6. The van der Waals surface area contributed by atoms with Gasteiger partial charge in [0.15, 0.2) is 0 Å². The summed E-state index contributed by atoms with van der Waals surface area (Å²) in [6, 6.07) is 5.85. The van der Waals surface area contributed by atoms with Crippen LogP contribution in [-0.4, -0.2) is 36.0 Å². The standard InChI is InChI=1S/C20H25NO4/c1-3-24-20(23)15-11-21(19(22)13-8-4-5-9-13)16-14-10-6-7-12(2)17(14)25-18(15)16/h6-7,10,13,15-16,18H,3-5,8-9,11H2,1-2H3/t15-,16+,18+/m1/s1. The lowest BCUT2D eigenvalue weighted by Gasteiger charge is -2.26. The van der Waals surface area contributed by atoms with Crippen LogP contribution in [0, 0.1) is 18.8 Å². The van der Waals surface area contributed by atoms with Crippen LogP contribution in [0.3, 0.4) is 0 Å². The number of hydrogen-bond donors (Lipinski definition) is 0. The van der Waals surface area contributed by atoms with Crippen LogP contribution in [0.15, 0.2) is 18.2 Å². The first-order valence-electron chi connectivity index (χ1n) is 9.35. The first-order chi connectivity index (χ1) is 12.1. The van der Waals surface area contributed by atoms with Crippen LogP contribution >= 0.6 is 0 Å². The molecule has 0 N–H and O–H groups in total. The van der Waals surface area contributed by atoms with Crippen molar-refractivity contribution in [1.29, 1.82) is 0 Å². The van der Waals surface area contributed by atoms with Gasteiger partial charge < -0.3 is 14.4 Å². The summed E-state index contributed by atoms with van der Waals surface area (Å²) in [6.07, 6.45) is 3.81. The minimum atomic E-state index is -0.415. The van der Waals surface area contributed by atoms with Crippen molar-refractivity contribution in [2.24, 2.45) is 11.8 Å². The number of fused-ring (bicyclic) bond motifs is 3. The van der Waals surface area contributed by atoms with E-state index < -0.39 is 5.92 Å². The Hall–Kier alpha value is -2.04. The van der Waals surface area contributed by atoms with Gasteiger partial charge >= 0.3 is 5.97 Å². The summed E-state index contributed by atoms with van der Waals surface area (Å²) in [4.78, 5) is 27.5. The van der Waals surface area contributed by atoms with Gasteiger partial charge in [-0.1, -0.05) is 31.0 Å². The molecule has 1 aromatic carbocycles. The second-order valence-corrected chi connectivity index (χ2v) is 7.35. The Labute approximate surface area is 148 Å². The van der Waals surface area contributed by atoms with Crippen LogP contribution in [0.25, 0.3) is 0 Å².